The Labute approximate surface area is 135 Å². The molecule has 0 atom stereocenters. The van der Waals surface area contributed by atoms with Crippen LogP contribution < -0.4 is 10.2 Å². The van der Waals surface area contributed by atoms with E-state index in [0.29, 0.717) is 0 Å². The Bertz CT molecular complexity index is 794. The first kappa shape index (κ1) is 16.9. The van der Waals surface area contributed by atoms with Gasteiger partial charge in [0.15, 0.2) is 18.2 Å². The van der Waals surface area contributed by atoms with Crippen molar-refractivity contribution in [3.05, 3.63) is 64.0 Å². The molecular formula is C15H12FN3O5. The average Bonchev–Trinajstić information content (AvgIpc) is 2.55. The van der Waals surface area contributed by atoms with Gasteiger partial charge in [-0.25, -0.2) is 9.82 Å². The fourth-order valence-electron chi connectivity index (χ4n) is 1.67. The monoisotopic (exact) mass is 333 g/mol. The van der Waals surface area contributed by atoms with Crippen LogP contribution in [0.15, 0.2) is 47.6 Å². The smallest absolute Gasteiger partial charge is 0.277 e. The number of nitrogens with one attached hydrogen (secondary N) is 1. The first-order chi connectivity index (χ1) is 11.5. The van der Waals surface area contributed by atoms with Crippen LogP contribution in [-0.2, 0) is 4.79 Å². The van der Waals surface area contributed by atoms with E-state index in [1.165, 1.54) is 18.2 Å². The zero-order valence-corrected chi connectivity index (χ0v) is 12.2. The van der Waals surface area contributed by atoms with E-state index < -0.39 is 23.3 Å². The van der Waals surface area contributed by atoms with E-state index in [-0.39, 0.29) is 22.7 Å². The molecule has 0 saturated heterocycles. The summed E-state index contributed by atoms with van der Waals surface area (Å²) in [5.74, 6) is -1.58. The molecule has 2 rings (SSSR count). The third-order valence-corrected chi connectivity index (χ3v) is 2.81. The van der Waals surface area contributed by atoms with E-state index in [2.05, 4.69) is 10.5 Å². The van der Waals surface area contributed by atoms with Crippen LogP contribution in [0, 0.1) is 15.9 Å². The minimum absolute atomic E-state index is 0.0551. The number of non-ortho nitro benzene ring substituents is 1. The maximum Gasteiger partial charge on any atom is 0.277 e. The minimum atomic E-state index is -0.667. The van der Waals surface area contributed by atoms with E-state index >= 15 is 0 Å². The summed E-state index contributed by atoms with van der Waals surface area (Å²) in [5.41, 5.74) is 1.92. The van der Waals surface area contributed by atoms with Gasteiger partial charge in [-0.2, -0.15) is 5.10 Å². The lowest BCUT2D eigenvalue weighted by Gasteiger charge is -2.05. The van der Waals surface area contributed by atoms with E-state index in [4.69, 9.17) is 4.74 Å². The van der Waals surface area contributed by atoms with Crippen LogP contribution in [0.4, 0.5) is 10.1 Å². The molecule has 0 fully saturated rings. The Morgan fingerprint density at radius 1 is 1.38 bits per heavy atom. The summed E-state index contributed by atoms with van der Waals surface area (Å²) in [4.78, 5) is 21.6. The van der Waals surface area contributed by atoms with Gasteiger partial charge in [0.05, 0.1) is 11.1 Å². The number of aromatic hydroxyl groups is 1. The Hall–Kier alpha value is -3.49. The number of carbonyl (C=O) groups is 1. The van der Waals surface area contributed by atoms with Crippen molar-refractivity contribution in [2.45, 2.75) is 0 Å². The van der Waals surface area contributed by atoms with E-state index in [9.17, 15) is 24.4 Å². The quantitative estimate of drug-likeness (QED) is 0.476. The highest BCUT2D eigenvalue weighted by atomic mass is 19.1. The molecule has 0 spiro atoms. The van der Waals surface area contributed by atoms with Crippen molar-refractivity contribution in [2.24, 2.45) is 5.10 Å². The van der Waals surface area contributed by atoms with Crippen molar-refractivity contribution in [2.75, 3.05) is 6.61 Å². The second kappa shape index (κ2) is 7.68. The summed E-state index contributed by atoms with van der Waals surface area (Å²) in [6.07, 6.45) is 1.04. The van der Waals surface area contributed by atoms with Gasteiger partial charge >= 0.3 is 0 Å². The summed E-state index contributed by atoms with van der Waals surface area (Å²) in [6.45, 7) is -0.473. The number of benzene rings is 2. The van der Waals surface area contributed by atoms with Crippen LogP contribution in [0.1, 0.15) is 5.56 Å². The second-order valence-corrected chi connectivity index (χ2v) is 4.51. The molecule has 0 bridgehead atoms. The number of hydrogen-bond donors (Lipinski definition) is 2. The van der Waals surface area contributed by atoms with Gasteiger partial charge in [0.2, 0.25) is 0 Å². The normalized spacial score (nSPS) is 10.5. The maximum absolute atomic E-state index is 13.3. The number of phenolic OH excluding ortho intramolecular Hbond substituents is 1. The van der Waals surface area contributed by atoms with Crippen molar-refractivity contribution < 1.29 is 24.0 Å². The lowest BCUT2D eigenvalue weighted by molar-refractivity contribution is -0.384. The second-order valence-electron chi connectivity index (χ2n) is 4.51. The SMILES string of the molecule is O=C(COc1ccccc1F)N/N=C/c1cc([N+](=O)[O-])ccc1O. The largest absolute Gasteiger partial charge is 0.507 e. The Morgan fingerprint density at radius 3 is 2.83 bits per heavy atom. The van der Waals surface area contributed by atoms with Crippen molar-refractivity contribution >= 4 is 17.8 Å². The molecule has 0 unspecified atom stereocenters. The molecule has 124 valence electrons. The van der Waals surface area contributed by atoms with Gasteiger partial charge in [-0.05, 0) is 18.2 Å². The van der Waals surface area contributed by atoms with Crippen LogP contribution in [0.25, 0.3) is 0 Å². The van der Waals surface area contributed by atoms with Gasteiger partial charge in [-0.15, -0.1) is 0 Å². The highest BCUT2D eigenvalue weighted by molar-refractivity contribution is 5.86. The van der Waals surface area contributed by atoms with E-state index in [0.717, 1.165) is 24.4 Å². The predicted octanol–water partition coefficient (Wildman–Crippen LogP) is 1.97. The molecule has 0 aliphatic heterocycles. The number of hydrazone groups is 1. The molecule has 8 nitrogen and oxygen atoms in total. The Morgan fingerprint density at radius 2 is 2.12 bits per heavy atom. The first-order valence-electron chi connectivity index (χ1n) is 6.64. The Kier molecular flexibility index (Phi) is 5.40. The predicted molar refractivity (Wildman–Crippen MR) is 82.4 cm³/mol. The number of nitrogens with zero attached hydrogens (tertiary/aromatic N) is 2. The summed E-state index contributed by atoms with van der Waals surface area (Å²) in [5, 5.41) is 23.8. The average molecular weight is 333 g/mol. The van der Waals surface area contributed by atoms with Crippen LogP contribution in [0.3, 0.4) is 0 Å². The number of phenols is 1. The van der Waals surface area contributed by atoms with Crippen molar-refractivity contribution in [1.29, 1.82) is 0 Å². The Balaban J connectivity index is 1.92. The standard InChI is InChI=1S/C15H12FN3O5/c16-12-3-1-2-4-14(12)24-9-15(21)18-17-8-10-7-11(19(22)23)5-6-13(10)20/h1-8,20H,9H2,(H,18,21)/b17-8+. The first-order valence-corrected chi connectivity index (χ1v) is 6.64. The maximum atomic E-state index is 13.3. The zero-order chi connectivity index (χ0) is 17.5. The topological polar surface area (TPSA) is 114 Å². The molecule has 2 N–H and O–H groups in total. The number of nitro groups is 1. The molecule has 0 saturated carbocycles. The van der Waals surface area contributed by atoms with Gasteiger partial charge in [0, 0.05) is 17.7 Å². The molecule has 9 heteroatoms. The minimum Gasteiger partial charge on any atom is -0.507 e. The molecule has 0 aromatic heterocycles. The number of nitro benzene ring substituents is 1. The van der Waals surface area contributed by atoms with E-state index in [1.807, 2.05) is 0 Å². The van der Waals surface area contributed by atoms with E-state index in [1.54, 1.807) is 6.07 Å². The number of carbonyl (C=O) groups excluding carboxylic acids is 1. The third kappa shape index (κ3) is 4.50. The third-order valence-electron chi connectivity index (χ3n) is 2.81. The highest BCUT2D eigenvalue weighted by Crippen LogP contribution is 2.21. The van der Waals surface area contributed by atoms with Crippen LogP contribution in [0.5, 0.6) is 11.5 Å². The summed E-state index contributed by atoms with van der Waals surface area (Å²) < 4.78 is 18.3. The fourth-order valence-corrected chi connectivity index (χ4v) is 1.67. The zero-order valence-electron chi connectivity index (χ0n) is 12.2. The molecule has 24 heavy (non-hydrogen) atoms. The van der Waals surface area contributed by atoms with Crippen LogP contribution in [-0.4, -0.2) is 28.8 Å². The molecular weight excluding hydrogens is 321 g/mol. The number of amides is 1. The van der Waals surface area contributed by atoms with Crippen molar-refractivity contribution in [3.63, 3.8) is 0 Å². The van der Waals surface area contributed by atoms with Crippen molar-refractivity contribution in [1.82, 2.24) is 5.43 Å². The van der Waals surface area contributed by atoms with Gasteiger partial charge in [-0.1, -0.05) is 12.1 Å². The molecule has 0 aliphatic carbocycles. The molecule has 2 aromatic rings. The van der Waals surface area contributed by atoms with Crippen molar-refractivity contribution in [3.8, 4) is 11.5 Å². The summed E-state index contributed by atoms with van der Waals surface area (Å²) in [7, 11) is 0. The van der Waals surface area contributed by atoms with Gasteiger partial charge in [0.1, 0.15) is 5.75 Å². The van der Waals surface area contributed by atoms with Crippen LogP contribution in [0.2, 0.25) is 0 Å². The number of rotatable bonds is 6. The number of ether oxygens (including phenoxy) is 1. The number of halogens is 1. The number of para-hydroxylation sites is 1. The molecule has 0 aliphatic rings. The molecule has 0 heterocycles. The molecule has 1 amide bonds. The highest BCUT2D eigenvalue weighted by Gasteiger charge is 2.09. The van der Waals surface area contributed by atoms with Gasteiger partial charge in [0.25, 0.3) is 11.6 Å². The van der Waals surface area contributed by atoms with Gasteiger partial charge < -0.3 is 9.84 Å². The molecule has 2 aromatic carbocycles. The lowest BCUT2D eigenvalue weighted by atomic mass is 10.2. The van der Waals surface area contributed by atoms with Crippen LogP contribution >= 0.6 is 0 Å². The molecule has 0 radical (unpaired) electrons. The summed E-state index contributed by atoms with van der Waals surface area (Å²) >= 11 is 0. The number of hydrogen-bond acceptors (Lipinski definition) is 6. The summed E-state index contributed by atoms with van der Waals surface area (Å²) in [6, 6.07) is 8.97. The van der Waals surface area contributed by atoms with Gasteiger partial charge in [-0.3, -0.25) is 14.9 Å². The fraction of sp³-hybridized carbons (Fsp3) is 0.0667. The lowest BCUT2D eigenvalue weighted by Crippen LogP contribution is -2.24.